The standard InChI is InChI=1S/C25H17FN2O3S2/c26-19-11-9-18(10-12-19)24-21(17-7-5-16(6-8-17)15-33(30)31)13-27-28(25(24)29)22-14-32-23-4-2-1-3-20(22)23/h1-14H,15H2,(H,30,31). The topological polar surface area (TPSA) is 72.2 Å². The van der Waals surface area contributed by atoms with Gasteiger partial charge in [0.15, 0.2) is 11.1 Å². The normalized spacial score (nSPS) is 12.2. The lowest BCUT2D eigenvalue weighted by molar-refractivity contribution is 0.563. The van der Waals surface area contributed by atoms with E-state index in [0.29, 0.717) is 27.9 Å². The number of nitrogens with zero attached hydrogens (tertiary/aromatic N) is 2. The van der Waals surface area contributed by atoms with Crippen molar-refractivity contribution in [1.29, 1.82) is 0 Å². The van der Waals surface area contributed by atoms with Crippen LogP contribution in [0, 0.1) is 5.82 Å². The largest absolute Gasteiger partial charge is 0.306 e. The fourth-order valence-corrected chi connectivity index (χ4v) is 5.19. The summed E-state index contributed by atoms with van der Waals surface area (Å²) in [7, 11) is 0. The lowest BCUT2D eigenvalue weighted by Crippen LogP contribution is -2.23. The Labute approximate surface area is 195 Å². The van der Waals surface area contributed by atoms with E-state index >= 15 is 0 Å². The van der Waals surface area contributed by atoms with E-state index < -0.39 is 11.1 Å². The first-order valence-electron chi connectivity index (χ1n) is 10.0. The molecule has 2 heterocycles. The van der Waals surface area contributed by atoms with E-state index in [4.69, 9.17) is 4.55 Å². The van der Waals surface area contributed by atoms with Crippen LogP contribution in [0.1, 0.15) is 5.56 Å². The molecule has 5 nitrogen and oxygen atoms in total. The first kappa shape index (κ1) is 21.4. The third-order valence-electron chi connectivity index (χ3n) is 5.35. The Morgan fingerprint density at radius 3 is 2.39 bits per heavy atom. The molecule has 0 saturated heterocycles. The highest BCUT2D eigenvalue weighted by Crippen LogP contribution is 2.32. The van der Waals surface area contributed by atoms with Crippen molar-refractivity contribution in [1.82, 2.24) is 9.78 Å². The molecule has 1 atom stereocenters. The Morgan fingerprint density at radius 1 is 0.970 bits per heavy atom. The fraction of sp³-hybridized carbons (Fsp3) is 0.0400. The van der Waals surface area contributed by atoms with Gasteiger partial charge in [-0.25, -0.2) is 8.60 Å². The number of aromatic nitrogens is 2. The summed E-state index contributed by atoms with van der Waals surface area (Å²) < 4.78 is 36.3. The summed E-state index contributed by atoms with van der Waals surface area (Å²) in [5.74, 6) is -0.365. The molecule has 0 bridgehead atoms. The van der Waals surface area contributed by atoms with E-state index in [2.05, 4.69) is 5.10 Å². The first-order chi connectivity index (χ1) is 16.0. The van der Waals surface area contributed by atoms with Gasteiger partial charge in [-0.3, -0.25) is 4.79 Å². The average molecular weight is 477 g/mol. The number of benzene rings is 3. The van der Waals surface area contributed by atoms with E-state index in [0.717, 1.165) is 15.6 Å². The summed E-state index contributed by atoms with van der Waals surface area (Å²) in [6.45, 7) is 0. The van der Waals surface area contributed by atoms with Gasteiger partial charge < -0.3 is 4.55 Å². The van der Waals surface area contributed by atoms with Crippen LogP contribution >= 0.6 is 11.3 Å². The van der Waals surface area contributed by atoms with Crippen molar-refractivity contribution in [2.24, 2.45) is 0 Å². The molecule has 0 aliphatic heterocycles. The van der Waals surface area contributed by atoms with Gasteiger partial charge in [0.2, 0.25) is 0 Å². The first-order valence-corrected chi connectivity index (χ1v) is 12.2. The molecule has 0 fully saturated rings. The minimum atomic E-state index is -1.94. The predicted molar refractivity (Wildman–Crippen MR) is 131 cm³/mol. The Kier molecular flexibility index (Phi) is 5.72. The molecule has 164 valence electrons. The van der Waals surface area contributed by atoms with Crippen molar-refractivity contribution in [3.8, 4) is 27.9 Å². The minimum Gasteiger partial charge on any atom is -0.306 e. The van der Waals surface area contributed by atoms with Gasteiger partial charge in [0.05, 0.1) is 23.2 Å². The molecule has 1 unspecified atom stereocenters. The molecule has 5 aromatic rings. The molecule has 0 aliphatic rings. The van der Waals surface area contributed by atoms with Gasteiger partial charge in [-0.05, 0) is 34.9 Å². The maximum atomic E-state index is 13.7. The van der Waals surface area contributed by atoms with Crippen molar-refractivity contribution in [2.75, 3.05) is 0 Å². The summed E-state index contributed by atoms with van der Waals surface area (Å²) in [6, 6.07) is 20.7. The van der Waals surface area contributed by atoms with E-state index in [-0.39, 0.29) is 17.1 Å². The SMILES string of the molecule is O=c1c(-c2ccc(F)cc2)c(-c2ccc(CS(=O)O)cc2)cnn1-c1csc2ccccc12. The molecule has 0 radical (unpaired) electrons. The van der Waals surface area contributed by atoms with Crippen LogP contribution in [0.5, 0.6) is 0 Å². The third-order valence-corrected chi connectivity index (χ3v) is 6.89. The summed E-state index contributed by atoms with van der Waals surface area (Å²) >= 11 is -0.406. The van der Waals surface area contributed by atoms with E-state index in [9.17, 15) is 13.4 Å². The number of hydrogen-bond acceptors (Lipinski definition) is 4. The van der Waals surface area contributed by atoms with Crippen LogP contribution in [0.4, 0.5) is 4.39 Å². The van der Waals surface area contributed by atoms with Gasteiger partial charge in [0, 0.05) is 21.0 Å². The van der Waals surface area contributed by atoms with Crippen LogP contribution in [0.3, 0.4) is 0 Å². The van der Waals surface area contributed by atoms with E-state index in [1.165, 1.54) is 28.2 Å². The zero-order valence-electron chi connectivity index (χ0n) is 17.1. The van der Waals surface area contributed by atoms with Gasteiger partial charge in [-0.15, -0.1) is 11.3 Å². The van der Waals surface area contributed by atoms with E-state index in [1.54, 1.807) is 42.6 Å². The summed E-state index contributed by atoms with van der Waals surface area (Å²) in [5.41, 5.74) is 3.38. The summed E-state index contributed by atoms with van der Waals surface area (Å²) in [5, 5.41) is 7.30. The van der Waals surface area contributed by atoms with Crippen molar-refractivity contribution in [3.63, 3.8) is 0 Å². The van der Waals surface area contributed by atoms with Gasteiger partial charge in [-0.2, -0.15) is 9.78 Å². The molecular weight excluding hydrogens is 459 g/mol. The number of fused-ring (bicyclic) bond motifs is 1. The maximum Gasteiger partial charge on any atom is 0.280 e. The van der Waals surface area contributed by atoms with Crippen molar-refractivity contribution in [2.45, 2.75) is 5.75 Å². The van der Waals surface area contributed by atoms with Gasteiger partial charge >= 0.3 is 0 Å². The number of hydrogen-bond donors (Lipinski definition) is 1. The monoisotopic (exact) mass is 476 g/mol. The second-order valence-electron chi connectivity index (χ2n) is 7.44. The zero-order chi connectivity index (χ0) is 22.9. The Balaban J connectivity index is 1.71. The molecule has 0 aliphatic carbocycles. The predicted octanol–water partition coefficient (Wildman–Crippen LogP) is 5.64. The van der Waals surface area contributed by atoms with Gasteiger partial charge in [0.25, 0.3) is 5.56 Å². The highest BCUT2D eigenvalue weighted by atomic mass is 32.2. The lowest BCUT2D eigenvalue weighted by Gasteiger charge is -2.13. The second kappa shape index (κ2) is 8.82. The van der Waals surface area contributed by atoms with Crippen LogP contribution in [-0.4, -0.2) is 18.5 Å². The zero-order valence-corrected chi connectivity index (χ0v) is 18.8. The van der Waals surface area contributed by atoms with Gasteiger partial charge in [-0.1, -0.05) is 54.6 Å². The fourth-order valence-electron chi connectivity index (χ4n) is 3.79. The van der Waals surface area contributed by atoms with Crippen LogP contribution < -0.4 is 5.56 Å². The van der Waals surface area contributed by atoms with Crippen LogP contribution in [0.15, 0.2) is 89.2 Å². The van der Waals surface area contributed by atoms with Crippen LogP contribution in [0.2, 0.25) is 0 Å². The lowest BCUT2D eigenvalue weighted by atomic mass is 9.96. The molecule has 33 heavy (non-hydrogen) atoms. The molecule has 0 spiro atoms. The average Bonchev–Trinajstić information content (AvgIpc) is 3.24. The quantitative estimate of drug-likeness (QED) is 0.333. The highest BCUT2D eigenvalue weighted by molar-refractivity contribution is 7.78. The van der Waals surface area contributed by atoms with Crippen molar-refractivity contribution >= 4 is 32.5 Å². The molecule has 8 heteroatoms. The summed E-state index contributed by atoms with van der Waals surface area (Å²) in [4.78, 5) is 13.7. The van der Waals surface area contributed by atoms with Crippen LogP contribution in [0.25, 0.3) is 38.0 Å². The van der Waals surface area contributed by atoms with Gasteiger partial charge in [0.1, 0.15) is 5.82 Å². The summed E-state index contributed by atoms with van der Waals surface area (Å²) in [6.07, 6.45) is 1.63. The Bertz CT molecular complexity index is 1540. The molecule has 5 rings (SSSR count). The van der Waals surface area contributed by atoms with Crippen molar-refractivity contribution in [3.05, 3.63) is 106 Å². The molecule has 1 N–H and O–H groups in total. The van der Waals surface area contributed by atoms with Crippen LogP contribution in [-0.2, 0) is 16.8 Å². The second-order valence-corrected chi connectivity index (χ2v) is 9.28. The Morgan fingerprint density at radius 2 is 1.67 bits per heavy atom. The minimum absolute atomic E-state index is 0.0240. The molecule has 0 saturated carbocycles. The molecular formula is C25H17FN2O3S2. The highest BCUT2D eigenvalue weighted by Gasteiger charge is 2.18. The molecule has 3 aromatic carbocycles. The molecule has 2 aromatic heterocycles. The van der Waals surface area contributed by atoms with Crippen molar-refractivity contribution < 1.29 is 13.2 Å². The number of halogens is 1. The van der Waals surface area contributed by atoms with E-state index in [1.807, 2.05) is 29.6 Å². The number of thiophene rings is 1. The molecule has 0 amide bonds. The number of rotatable bonds is 5. The maximum absolute atomic E-state index is 13.7. The third kappa shape index (κ3) is 4.16. The smallest absolute Gasteiger partial charge is 0.280 e. The Hall–Kier alpha value is -3.46.